The van der Waals surface area contributed by atoms with Crippen molar-refractivity contribution in [3.63, 3.8) is 0 Å². The van der Waals surface area contributed by atoms with Crippen LogP contribution in [0.5, 0.6) is 5.75 Å². The van der Waals surface area contributed by atoms with Gasteiger partial charge in [-0.25, -0.2) is 4.79 Å². The first kappa shape index (κ1) is 26.8. The molecule has 0 radical (unpaired) electrons. The van der Waals surface area contributed by atoms with Gasteiger partial charge in [-0.2, -0.15) is 10.2 Å². The Morgan fingerprint density at radius 3 is 2.76 bits per heavy atom. The monoisotopic (exact) mass is 555 g/mol. The topological polar surface area (TPSA) is 122 Å². The van der Waals surface area contributed by atoms with Crippen molar-refractivity contribution in [2.45, 2.75) is 57.6 Å². The number of piperidine rings is 1. The van der Waals surface area contributed by atoms with E-state index in [1.165, 1.54) is 7.11 Å². The minimum absolute atomic E-state index is 0.0469. The number of esters is 1. The van der Waals surface area contributed by atoms with Gasteiger partial charge in [-0.05, 0) is 74.8 Å². The molecule has 3 aromatic rings. The van der Waals surface area contributed by atoms with Crippen molar-refractivity contribution in [2.24, 2.45) is 5.92 Å². The molecule has 0 unspecified atom stereocenters. The Kier molecular flexibility index (Phi) is 6.89. The fraction of sp³-hybridized carbons (Fsp3) is 0.452. The highest BCUT2D eigenvalue weighted by atomic mass is 16.5. The van der Waals surface area contributed by atoms with E-state index < -0.39 is 0 Å². The zero-order chi connectivity index (χ0) is 28.7. The molecular weight excluding hydrogens is 522 g/mol. The maximum Gasteiger partial charge on any atom is 0.320 e. The molecule has 1 spiro atoms. The quantitative estimate of drug-likeness (QED) is 0.311. The van der Waals surface area contributed by atoms with Gasteiger partial charge in [0.1, 0.15) is 11.8 Å². The summed E-state index contributed by atoms with van der Waals surface area (Å²) in [5.74, 6) is 1.42. The number of likely N-dealkylation sites (tertiary alicyclic amines) is 1. The standard InChI is InChI=1S/C31H33N5O5/c1-19(2)40-26-8-7-21(16-22(26)17-32)29-33-28(34-41-29)24-5-4-6-25-23(24)9-12-31(25)18-36(31)30(38)35-13-10-20(11-14-35)15-27(37)39-3/h4-8,16,19-20H,9-15,18H2,1-3H3/t31-,36?/m0/s1. The number of nitrogens with zero attached hydrogens (tertiary/aromatic N) is 5. The van der Waals surface area contributed by atoms with Gasteiger partial charge in [-0.3, -0.25) is 4.79 Å². The minimum atomic E-state index is -0.286. The third-order valence-corrected chi connectivity index (χ3v) is 8.47. The molecule has 2 amide bonds. The van der Waals surface area contributed by atoms with Crippen molar-refractivity contribution in [3.8, 4) is 34.7 Å². The molecule has 212 valence electrons. The third kappa shape index (κ3) is 4.90. The van der Waals surface area contributed by atoms with Crippen molar-refractivity contribution in [2.75, 3.05) is 26.7 Å². The van der Waals surface area contributed by atoms with Crippen LogP contribution >= 0.6 is 0 Å². The zero-order valence-corrected chi connectivity index (χ0v) is 23.6. The molecule has 0 saturated carbocycles. The van der Waals surface area contributed by atoms with Crippen LogP contribution in [0.25, 0.3) is 22.8 Å². The van der Waals surface area contributed by atoms with Gasteiger partial charge in [-0.1, -0.05) is 23.4 Å². The summed E-state index contributed by atoms with van der Waals surface area (Å²) in [6, 6.07) is 13.6. The van der Waals surface area contributed by atoms with Crippen LogP contribution in [0.3, 0.4) is 0 Å². The maximum atomic E-state index is 13.5. The Morgan fingerprint density at radius 2 is 2.02 bits per heavy atom. The minimum Gasteiger partial charge on any atom is -0.490 e. The second kappa shape index (κ2) is 10.5. The van der Waals surface area contributed by atoms with Crippen LogP contribution in [0.1, 0.15) is 56.2 Å². The average Bonchev–Trinajstić information content (AvgIpc) is 3.30. The molecule has 1 aliphatic carbocycles. The number of nitriles is 1. The van der Waals surface area contributed by atoms with Gasteiger partial charge >= 0.3 is 12.0 Å². The van der Waals surface area contributed by atoms with Crippen LogP contribution in [-0.4, -0.2) is 64.8 Å². The molecule has 2 aromatic carbocycles. The van der Waals surface area contributed by atoms with E-state index in [2.05, 4.69) is 22.3 Å². The number of amides is 2. The van der Waals surface area contributed by atoms with E-state index in [1.54, 1.807) is 12.1 Å². The number of rotatable bonds is 6. The van der Waals surface area contributed by atoms with E-state index in [0.29, 0.717) is 54.6 Å². The lowest BCUT2D eigenvalue weighted by Gasteiger charge is -2.32. The van der Waals surface area contributed by atoms with Crippen LogP contribution < -0.4 is 4.74 Å². The largest absolute Gasteiger partial charge is 0.490 e. The summed E-state index contributed by atoms with van der Waals surface area (Å²) in [5, 5.41) is 13.9. The SMILES string of the molecule is COC(=O)CC1CCN(C(=O)N2C[C@]23CCc2c(-c4noc(-c5ccc(OC(C)C)c(C#N)c5)n4)cccc23)CC1. The van der Waals surface area contributed by atoms with Crippen molar-refractivity contribution in [3.05, 3.63) is 53.1 Å². The van der Waals surface area contributed by atoms with Gasteiger partial charge in [0.15, 0.2) is 0 Å². The third-order valence-electron chi connectivity index (χ3n) is 8.47. The molecule has 1 atom stereocenters. The van der Waals surface area contributed by atoms with Crippen LogP contribution in [0, 0.1) is 17.2 Å². The lowest BCUT2D eigenvalue weighted by Crippen LogP contribution is -2.42. The molecule has 10 heteroatoms. The first-order chi connectivity index (χ1) is 19.8. The molecule has 10 nitrogen and oxygen atoms in total. The molecule has 0 bridgehead atoms. The number of hydrogen-bond acceptors (Lipinski definition) is 8. The first-order valence-corrected chi connectivity index (χ1v) is 14.1. The lowest BCUT2D eigenvalue weighted by molar-refractivity contribution is -0.142. The highest BCUT2D eigenvalue weighted by Crippen LogP contribution is 2.54. The number of methoxy groups -OCH3 is 1. The first-order valence-electron chi connectivity index (χ1n) is 14.1. The van der Waals surface area contributed by atoms with E-state index in [4.69, 9.17) is 14.0 Å². The second-order valence-corrected chi connectivity index (χ2v) is 11.4. The van der Waals surface area contributed by atoms with E-state index in [-0.39, 0.29) is 29.6 Å². The number of urea groups is 1. The average molecular weight is 556 g/mol. The summed E-state index contributed by atoms with van der Waals surface area (Å²) in [6.45, 7) is 5.84. The smallest absolute Gasteiger partial charge is 0.320 e. The predicted molar refractivity (Wildman–Crippen MR) is 149 cm³/mol. The van der Waals surface area contributed by atoms with Gasteiger partial charge in [0, 0.05) is 30.6 Å². The molecule has 41 heavy (non-hydrogen) atoms. The number of benzene rings is 2. The van der Waals surface area contributed by atoms with Crippen LogP contribution in [0.4, 0.5) is 4.79 Å². The van der Waals surface area contributed by atoms with Crippen molar-refractivity contribution in [1.29, 1.82) is 5.26 Å². The van der Waals surface area contributed by atoms with Crippen LogP contribution in [0.2, 0.25) is 0 Å². The Hall–Kier alpha value is -4.39. The zero-order valence-electron chi connectivity index (χ0n) is 23.6. The normalized spacial score (nSPS) is 19.8. The molecular formula is C31H33N5O5. The lowest BCUT2D eigenvalue weighted by atomic mass is 9.94. The molecule has 0 N–H and O–H groups in total. The van der Waals surface area contributed by atoms with E-state index in [0.717, 1.165) is 42.4 Å². The molecule has 2 saturated heterocycles. The molecule has 3 heterocycles. The van der Waals surface area contributed by atoms with Crippen molar-refractivity contribution < 1.29 is 23.6 Å². The molecule has 1 aromatic heterocycles. The van der Waals surface area contributed by atoms with Crippen LogP contribution in [-0.2, 0) is 21.5 Å². The van der Waals surface area contributed by atoms with Gasteiger partial charge in [-0.15, -0.1) is 0 Å². The van der Waals surface area contributed by atoms with E-state index >= 15 is 0 Å². The van der Waals surface area contributed by atoms with Gasteiger partial charge in [0.05, 0.1) is 30.9 Å². The summed E-state index contributed by atoms with van der Waals surface area (Å²) >= 11 is 0. The molecule has 2 aliphatic heterocycles. The van der Waals surface area contributed by atoms with Gasteiger partial charge in [0.25, 0.3) is 5.89 Å². The second-order valence-electron chi connectivity index (χ2n) is 11.4. The number of aromatic nitrogens is 2. The summed E-state index contributed by atoms with van der Waals surface area (Å²) in [5.41, 5.74) is 3.96. The highest BCUT2D eigenvalue weighted by Gasteiger charge is 2.60. The number of ether oxygens (including phenoxy) is 2. The predicted octanol–water partition coefficient (Wildman–Crippen LogP) is 4.91. The Balaban J connectivity index is 1.18. The highest BCUT2D eigenvalue weighted by molar-refractivity contribution is 5.81. The van der Waals surface area contributed by atoms with Gasteiger partial charge < -0.3 is 23.8 Å². The summed E-state index contributed by atoms with van der Waals surface area (Å²) in [6.07, 6.45) is 3.67. The fourth-order valence-corrected chi connectivity index (χ4v) is 6.26. The summed E-state index contributed by atoms with van der Waals surface area (Å²) in [7, 11) is 1.41. The molecule has 6 rings (SSSR count). The number of hydrogen-bond donors (Lipinski definition) is 0. The fourth-order valence-electron chi connectivity index (χ4n) is 6.26. The number of fused-ring (bicyclic) bond motifs is 2. The van der Waals surface area contributed by atoms with E-state index in [9.17, 15) is 14.9 Å². The maximum absolute atomic E-state index is 13.5. The van der Waals surface area contributed by atoms with Crippen molar-refractivity contribution >= 4 is 12.0 Å². The van der Waals surface area contributed by atoms with Crippen molar-refractivity contribution in [1.82, 2.24) is 19.9 Å². The summed E-state index contributed by atoms with van der Waals surface area (Å²) < 4.78 is 16.2. The Morgan fingerprint density at radius 1 is 1.22 bits per heavy atom. The Bertz CT molecular complexity index is 1530. The number of carbonyl (C=O) groups excluding carboxylic acids is 2. The summed E-state index contributed by atoms with van der Waals surface area (Å²) in [4.78, 5) is 33.7. The Labute approximate surface area is 238 Å². The van der Waals surface area contributed by atoms with E-state index in [1.807, 2.05) is 41.8 Å². The number of carbonyl (C=O) groups is 2. The molecule has 2 fully saturated rings. The van der Waals surface area contributed by atoms with Gasteiger partial charge in [0.2, 0.25) is 5.82 Å². The molecule has 3 aliphatic rings. The van der Waals surface area contributed by atoms with Crippen LogP contribution in [0.15, 0.2) is 40.9 Å².